The summed E-state index contributed by atoms with van der Waals surface area (Å²) in [7, 11) is 3.12. The zero-order chi connectivity index (χ0) is 17.8. The third kappa shape index (κ3) is 3.64. The van der Waals surface area contributed by atoms with Gasteiger partial charge in [0.05, 0.1) is 25.8 Å². The molecule has 3 rings (SSSR count). The molecule has 0 saturated heterocycles. The third-order valence-electron chi connectivity index (χ3n) is 3.99. The Labute approximate surface area is 145 Å². The fourth-order valence-corrected chi connectivity index (χ4v) is 2.69. The Balaban J connectivity index is 1.82. The van der Waals surface area contributed by atoms with Crippen LogP contribution < -0.4 is 14.8 Å². The van der Waals surface area contributed by atoms with Crippen LogP contribution >= 0.6 is 0 Å². The van der Waals surface area contributed by atoms with Gasteiger partial charge in [-0.25, -0.2) is 4.39 Å². The number of hydrogen-bond acceptors (Lipinski definition) is 5. The van der Waals surface area contributed by atoms with Crippen molar-refractivity contribution in [3.63, 3.8) is 0 Å². The van der Waals surface area contributed by atoms with Crippen molar-refractivity contribution in [1.82, 2.24) is 4.98 Å². The third-order valence-corrected chi connectivity index (χ3v) is 3.99. The second-order valence-corrected chi connectivity index (χ2v) is 5.52. The van der Waals surface area contributed by atoms with Crippen molar-refractivity contribution < 1.29 is 19.0 Å². The molecule has 2 aromatic carbocycles. The first kappa shape index (κ1) is 17.0. The first-order valence-corrected chi connectivity index (χ1v) is 7.80. The Kier molecular flexibility index (Phi) is 5.00. The number of anilines is 1. The van der Waals surface area contributed by atoms with Crippen molar-refractivity contribution in [2.75, 3.05) is 26.1 Å². The molecule has 0 aliphatic heterocycles. The maximum absolute atomic E-state index is 13.3. The van der Waals surface area contributed by atoms with E-state index in [0.717, 1.165) is 11.1 Å². The van der Waals surface area contributed by atoms with Crippen LogP contribution in [-0.2, 0) is 0 Å². The second-order valence-electron chi connectivity index (χ2n) is 5.52. The molecule has 25 heavy (non-hydrogen) atoms. The Morgan fingerprint density at radius 2 is 1.96 bits per heavy atom. The summed E-state index contributed by atoms with van der Waals surface area (Å²) in [5.41, 5.74) is 1.95. The number of nitrogens with one attached hydrogen (secondary N) is 1. The summed E-state index contributed by atoms with van der Waals surface area (Å²) < 4.78 is 23.8. The van der Waals surface area contributed by atoms with Crippen molar-refractivity contribution in [3.8, 4) is 11.5 Å². The van der Waals surface area contributed by atoms with Crippen LogP contribution in [0.25, 0.3) is 10.9 Å². The monoisotopic (exact) mass is 342 g/mol. The molecule has 1 unspecified atom stereocenters. The summed E-state index contributed by atoms with van der Waals surface area (Å²) in [4.78, 5) is 4.16. The minimum atomic E-state index is -0.811. The molecular weight excluding hydrogens is 323 g/mol. The molecule has 1 heterocycles. The van der Waals surface area contributed by atoms with Crippen LogP contribution in [-0.4, -0.2) is 30.9 Å². The fourth-order valence-electron chi connectivity index (χ4n) is 2.69. The highest BCUT2D eigenvalue weighted by Crippen LogP contribution is 2.30. The van der Waals surface area contributed by atoms with Gasteiger partial charge in [0.1, 0.15) is 17.3 Å². The van der Waals surface area contributed by atoms with E-state index in [0.29, 0.717) is 22.6 Å². The number of pyridine rings is 1. The lowest BCUT2D eigenvalue weighted by Gasteiger charge is -2.17. The molecule has 0 saturated carbocycles. The highest BCUT2D eigenvalue weighted by Gasteiger charge is 2.15. The minimum absolute atomic E-state index is 0.250. The Morgan fingerprint density at radius 3 is 2.72 bits per heavy atom. The maximum Gasteiger partial charge on any atom is 0.125 e. The molecule has 1 atom stereocenters. The quantitative estimate of drug-likeness (QED) is 0.717. The molecule has 130 valence electrons. The summed E-state index contributed by atoms with van der Waals surface area (Å²) >= 11 is 0. The number of methoxy groups -OCH3 is 2. The molecule has 0 fully saturated rings. The lowest BCUT2D eigenvalue weighted by Crippen LogP contribution is -2.13. The highest BCUT2D eigenvalue weighted by molar-refractivity contribution is 5.90. The predicted molar refractivity (Wildman–Crippen MR) is 94.7 cm³/mol. The SMILES string of the molecule is COc1ccc(OC)c(C(O)CNc2ccnc3cc(F)ccc23)c1. The number of rotatable bonds is 6. The average Bonchev–Trinajstić information content (AvgIpc) is 2.65. The fraction of sp³-hybridized carbons (Fsp3) is 0.211. The molecule has 5 nitrogen and oxygen atoms in total. The topological polar surface area (TPSA) is 63.6 Å². The van der Waals surface area contributed by atoms with Crippen molar-refractivity contribution in [3.05, 3.63) is 60.0 Å². The van der Waals surface area contributed by atoms with Gasteiger partial charge in [-0.2, -0.15) is 0 Å². The van der Waals surface area contributed by atoms with Crippen molar-refractivity contribution in [2.45, 2.75) is 6.10 Å². The summed E-state index contributed by atoms with van der Waals surface area (Å²) in [6.45, 7) is 0.250. The number of hydrogen-bond donors (Lipinski definition) is 2. The van der Waals surface area contributed by atoms with Crippen molar-refractivity contribution >= 4 is 16.6 Å². The van der Waals surface area contributed by atoms with Crippen LogP contribution in [0.15, 0.2) is 48.7 Å². The van der Waals surface area contributed by atoms with E-state index in [9.17, 15) is 9.50 Å². The standard InChI is InChI=1S/C19H19FN2O3/c1-24-13-4-6-19(25-2)15(10-13)18(23)11-22-16-7-8-21-17-9-12(20)3-5-14(16)17/h3-10,18,23H,11H2,1-2H3,(H,21,22). The van der Waals surface area contributed by atoms with Gasteiger partial charge < -0.3 is 19.9 Å². The predicted octanol–water partition coefficient (Wildman–Crippen LogP) is 3.54. The number of fused-ring (bicyclic) bond motifs is 1. The van der Waals surface area contributed by atoms with Crippen LogP contribution in [0.1, 0.15) is 11.7 Å². The van der Waals surface area contributed by atoms with Crippen molar-refractivity contribution in [1.29, 1.82) is 0 Å². The van der Waals surface area contributed by atoms with Gasteiger partial charge in [0.25, 0.3) is 0 Å². The van der Waals surface area contributed by atoms with Gasteiger partial charge in [0, 0.05) is 35.4 Å². The summed E-state index contributed by atoms with van der Waals surface area (Å²) in [6, 6.07) is 11.5. The number of benzene rings is 2. The summed E-state index contributed by atoms with van der Waals surface area (Å²) in [6.07, 6.45) is 0.788. The zero-order valence-electron chi connectivity index (χ0n) is 14.0. The summed E-state index contributed by atoms with van der Waals surface area (Å²) in [5, 5.41) is 14.5. The van der Waals surface area contributed by atoms with Crippen LogP contribution in [0.3, 0.4) is 0 Å². The van der Waals surface area contributed by atoms with Gasteiger partial charge >= 0.3 is 0 Å². The van der Waals surface area contributed by atoms with E-state index in [1.807, 2.05) is 0 Å². The van der Waals surface area contributed by atoms with Gasteiger partial charge in [-0.05, 0) is 36.4 Å². The number of halogens is 1. The molecule has 3 aromatic rings. The molecule has 0 spiro atoms. The largest absolute Gasteiger partial charge is 0.497 e. The lowest BCUT2D eigenvalue weighted by atomic mass is 10.1. The molecule has 2 N–H and O–H groups in total. The summed E-state index contributed by atoms with van der Waals surface area (Å²) in [5.74, 6) is 0.884. The van der Waals surface area contributed by atoms with Crippen LogP contribution in [0.2, 0.25) is 0 Å². The van der Waals surface area contributed by atoms with Gasteiger partial charge in [0.2, 0.25) is 0 Å². The molecule has 0 aliphatic rings. The molecule has 0 radical (unpaired) electrons. The Hall–Kier alpha value is -2.86. The van der Waals surface area contributed by atoms with Crippen molar-refractivity contribution in [2.24, 2.45) is 0 Å². The van der Waals surface area contributed by atoms with E-state index >= 15 is 0 Å². The van der Waals surface area contributed by atoms with E-state index in [1.54, 1.807) is 50.7 Å². The zero-order valence-corrected chi connectivity index (χ0v) is 14.0. The molecule has 6 heteroatoms. The molecule has 1 aromatic heterocycles. The normalized spacial score (nSPS) is 12.0. The highest BCUT2D eigenvalue weighted by atomic mass is 19.1. The van der Waals surface area contributed by atoms with E-state index in [1.165, 1.54) is 12.1 Å². The minimum Gasteiger partial charge on any atom is -0.497 e. The van der Waals surface area contributed by atoms with Crippen LogP contribution in [0.4, 0.5) is 10.1 Å². The van der Waals surface area contributed by atoms with E-state index in [2.05, 4.69) is 10.3 Å². The van der Waals surface area contributed by atoms with E-state index in [4.69, 9.17) is 9.47 Å². The first-order chi connectivity index (χ1) is 12.1. The molecule has 0 aliphatic carbocycles. The van der Waals surface area contributed by atoms with Gasteiger partial charge in [0.15, 0.2) is 0 Å². The number of aromatic nitrogens is 1. The number of nitrogens with zero attached hydrogens (tertiary/aromatic N) is 1. The van der Waals surface area contributed by atoms with Gasteiger partial charge in [-0.3, -0.25) is 4.98 Å². The molecular formula is C19H19FN2O3. The number of ether oxygens (including phenoxy) is 2. The maximum atomic E-state index is 13.3. The number of aliphatic hydroxyl groups is 1. The molecule has 0 bridgehead atoms. The Morgan fingerprint density at radius 1 is 1.12 bits per heavy atom. The lowest BCUT2D eigenvalue weighted by molar-refractivity contribution is 0.186. The molecule has 0 amide bonds. The van der Waals surface area contributed by atoms with Crippen LogP contribution in [0.5, 0.6) is 11.5 Å². The first-order valence-electron chi connectivity index (χ1n) is 7.80. The second kappa shape index (κ2) is 7.36. The average molecular weight is 342 g/mol. The Bertz CT molecular complexity index is 886. The van der Waals surface area contributed by atoms with Crippen LogP contribution in [0, 0.1) is 5.82 Å². The van der Waals surface area contributed by atoms with E-state index < -0.39 is 6.10 Å². The van der Waals surface area contributed by atoms with E-state index in [-0.39, 0.29) is 12.4 Å². The van der Waals surface area contributed by atoms with Gasteiger partial charge in [-0.15, -0.1) is 0 Å². The number of aliphatic hydroxyl groups excluding tert-OH is 1. The van der Waals surface area contributed by atoms with Gasteiger partial charge in [-0.1, -0.05) is 0 Å². The smallest absolute Gasteiger partial charge is 0.125 e.